The molecule has 2 fully saturated rings. The molecule has 3 amide bonds. The third-order valence-corrected chi connectivity index (χ3v) is 4.54. The number of fused-ring (bicyclic) bond motifs is 1. The molecule has 0 N–H and O–H groups in total. The first-order valence-electron chi connectivity index (χ1n) is 6.30. The minimum atomic E-state index is -4.62. The molecule has 2 aliphatic heterocycles. The Hall–Kier alpha value is -1.70. The fourth-order valence-electron chi connectivity index (χ4n) is 2.54. The quantitative estimate of drug-likeness (QED) is 0.748. The molecule has 1 aromatic carbocycles. The molecule has 2 saturated heterocycles. The summed E-state index contributed by atoms with van der Waals surface area (Å²) in [6, 6.07) is 3.34. The molecule has 112 valence electrons. The number of benzene rings is 1. The highest BCUT2D eigenvalue weighted by Crippen LogP contribution is 2.39. The average Bonchev–Trinajstić information content (AvgIpc) is 2.71. The zero-order chi connectivity index (χ0) is 15.2. The van der Waals surface area contributed by atoms with Gasteiger partial charge in [0.1, 0.15) is 6.04 Å². The number of alkyl halides is 3. The number of hydrogen-bond acceptors (Lipinski definition) is 3. The first kappa shape index (κ1) is 14.2. The topological polar surface area (TPSA) is 40.6 Å². The van der Waals surface area contributed by atoms with Crippen LogP contribution in [0.15, 0.2) is 24.3 Å². The average molecular weight is 316 g/mol. The normalized spacial score (nSPS) is 22.7. The van der Waals surface area contributed by atoms with Gasteiger partial charge in [-0.1, -0.05) is 12.1 Å². The highest BCUT2D eigenvalue weighted by Gasteiger charge is 2.49. The minimum Gasteiger partial charge on any atom is -0.310 e. The molecule has 0 aliphatic carbocycles. The molecule has 21 heavy (non-hydrogen) atoms. The lowest BCUT2D eigenvalue weighted by Gasteiger charge is -2.25. The van der Waals surface area contributed by atoms with Gasteiger partial charge in [0.15, 0.2) is 0 Å². The third-order valence-electron chi connectivity index (χ3n) is 3.52. The molecule has 1 unspecified atom stereocenters. The maximum Gasteiger partial charge on any atom is 0.418 e. The lowest BCUT2D eigenvalue weighted by molar-refractivity contribution is -0.137. The van der Waals surface area contributed by atoms with E-state index in [9.17, 15) is 22.8 Å². The van der Waals surface area contributed by atoms with Crippen molar-refractivity contribution in [2.45, 2.75) is 12.2 Å². The van der Waals surface area contributed by atoms with Crippen molar-refractivity contribution in [3.05, 3.63) is 29.8 Å². The zero-order valence-corrected chi connectivity index (χ0v) is 11.6. The number of urea groups is 1. The predicted molar refractivity (Wildman–Crippen MR) is 72.1 cm³/mol. The molecule has 0 aromatic heterocycles. The summed E-state index contributed by atoms with van der Waals surface area (Å²) in [4.78, 5) is 26.6. The van der Waals surface area contributed by atoms with E-state index >= 15 is 0 Å². The molecule has 2 heterocycles. The van der Waals surface area contributed by atoms with Crippen molar-refractivity contribution in [2.24, 2.45) is 0 Å². The Bertz CT molecular complexity index is 581. The second-order valence-electron chi connectivity index (χ2n) is 4.76. The van der Waals surface area contributed by atoms with Crippen LogP contribution in [0.2, 0.25) is 0 Å². The van der Waals surface area contributed by atoms with Crippen molar-refractivity contribution in [1.29, 1.82) is 0 Å². The van der Waals surface area contributed by atoms with Crippen LogP contribution in [0.1, 0.15) is 5.56 Å². The van der Waals surface area contributed by atoms with Crippen LogP contribution in [0.3, 0.4) is 0 Å². The molecule has 0 radical (unpaired) electrons. The molecule has 1 aromatic rings. The number of thioether (sulfide) groups is 1. The van der Waals surface area contributed by atoms with Crippen molar-refractivity contribution in [3.63, 3.8) is 0 Å². The minimum absolute atomic E-state index is 0.380. The third kappa shape index (κ3) is 2.27. The number of anilines is 1. The van der Waals surface area contributed by atoms with E-state index in [-0.39, 0.29) is 5.69 Å². The summed E-state index contributed by atoms with van der Waals surface area (Å²) in [5.74, 6) is 0.531. The van der Waals surface area contributed by atoms with Crippen LogP contribution < -0.4 is 4.90 Å². The maximum atomic E-state index is 13.1. The molecule has 1 atom stereocenters. The Morgan fingerprint density at radius 2 is 1.90 bits per heavy atom. The molecule has 4 nitrogen and oxygen atoms in total. The smallest absolute Gasteiger partial charge is 0.310 e. The number of imide groups is 1. The van der Waals surface area contributed by atoms with Gasteiger partial charge in [-0.15, -0.1) is 0 Å². The van der Waals surface area contributed by atoms with Gasteiger partial charge >= 0.3 is 12.2 Å². The van der Waals surface area contributed by atoms with Gasteiger partial charge in [0, 0.05) is 18.1 Å². The van der Waals surface area contributed by atoms with Gasteiger partial charge in [0.25, 0.3) is 5.91 Å². The van der Waals surface area contributed by atoms with Crippen molar-refractivity contribution < 1.29 is 22.8 Å². The predicted octanol–water partition coefficient (Wildman–Crippen LogP) is 2.59. The van der Waals surface area contributed by atoms with Crippen LogP contribution in [0.5, 0.6) is 0 Å². The van der Waals surface area contributed by atoms with Gasteiger partial charge < -0.3 is 4.90 Å². The molecule has 8 heteroatoms. The van der Waals surface area contributed by atoms with E-state index < -0.39 is 29.7 Å². The molecule has 3 rings (SSSR count). The van der Waals surface area contributed by atoms with Crippen LogP contribution in [0.4, 0.5) is 23.7 Å². The number of carbonyl (C=O) groups is 2. The summed E-state index contributed by atoms with van der Waals surface area (Å²) >= 11 is 1.52. The highest BCUT2D eigenvalue weighted by molar-refractivity contribution is 7.99. The highest BCUT2D eigenvalue weighted by atomic mass is 32.2. The number of halogens is 3. The number of hydrogen-bond donors (Lipinski definition) is 0. The number of nitrogens with zero attached hydrogens (tertiary/aromatic N) is 2. The largest absolute Gasteiger partial charge is 0.418 e. The van der Waals surface area contributed by atoms with E-state index in [1.807, 2.05) is 0 Å². The Balaban J connectivity index is 2.05. The van der Waals surface area contributed by atoms with E-state index in [1.165, 1.54) is 28.8 Å². The molecule has 0 bridgehead atoms. The summed E-state index contributed by atoms with van der Waals surface area (Å²) in [5.41, 5.74) is -1.36. The van der Waals surface area contributed by atoms with Crippen LogP contribution in [0, 0.1) is 0 Å². The van der Waals surface area contributed by atoms with Crippen molar-refractivity contribution in [2.75, 3.05) is 23.0 Å². The van der Waals surface area contributed by atoms with E-state index in [0.29, 0.717) is 23.0 Å². The Morgan fingerprint density at radius 3 is 2.57 bits per heavy atom. The summed E-state index contributed by atoms with van der Waals surface area (Å²) in [6.07, 6.45) is -4.62. The van der Waals surface area contributed by atoms with E-state index in [2.05, 4.69) is 0 Å². The van der Waals surface area contributed by atoms with Gasteiger partial charge in [-0.2, -0.15) is 24.9 Å². The van der Waals surface area contributed by atoms with Crippen LogP contribution >= 0.6 is 11.8 Å². The van der Waals surface area contributed by atoms with Gasteiger partial charge in [0.05, 0.1) is 11.3 Å². The summed E-state index contributed by atoms with van der Waals surface area (Å²) in [5, 5.41) is 0. The first-order valence-corrected chi connectivity index (χ1v) is 7.45. The molecule has 2 aliphatic rings. The molecule has 0 saturated carbocycles. The van der Waals surface area contributed by atoms with E-state index in [0.717, 1.165) is 12.1 Å². The Kier molecular flexibility index (Phi) is 3.35. The maximum absolute atomic E-state index is 13.1. The van der Waals surface area contributed by atoms with Gasteiger partial charge in [-0.05, 0) is 12.1 Å². The SMILES string of the molecule is O=C1C2CSCCN2C(=O)N1c1ccccc1C(F)(F)F. The zero-order valence-electron chi connectivity index (χ0n) is 10.8. The Morgan fingerprint density at radius 1 is 1.19 bits per heavy atom. The van der Waals surface area contributed by atoms with Crippen molar-refractivity contribution >= 4 is 29.4 Å². The Labute approximate surface area is 122 Å². The molecular formula is C13H11F3N2O2S. The number of amides is 3. The summed E-state index contributed by atoms with van der Waals surface area (Å²) in [7, 11) is 0. The van der Waals surface area contributed by atoms with Crippen LogP contribution in [0.25, 0.3) is 0 Å². The van der Waals surface area contributed by atoms with Gasteiger partial charge in [-0.3, -0.25) is 4.79 Å². The second-order valence-corrected chi connectivity index (χ2v) is 5.91. The first-order chi connectivity index (χ1) is 9.91. The monoisotopic (exact) mass is 316 g/mol. The van der Waals surface area contributed by atoms with E-state index in [4.69, 9.17) is 0 Å². The van der Waals surface area contributed by atoms with E-state index in [1.54, 1.807) is 0 Å². The van der Waals surface area contributed by atoms with Crippen LogP contribution in [-0.4, -0.2) is 40.9 Å². The number of rotatable bonds is 1. The van der Waals surface area contributed by atoms with Crippen LogP contribution in [-0.2, 0) is 11.0 Å². The molecule has 0 spiro atoms. The standard InChI is InChI=1S/C13H11F3N2O2S/c14-13(15,16)8-3-1-2-4-9(8)18-11(19)10-7-21-6-5-17(10)12(18)20/h1-4,10H,5-7H2. The number of carbonyl (C=O) groups excluding carboxylic acids is 2. The lowest BCUT2D eigenvalue weighted by atomic mass is 10.1. The number of para-hydroxylation sites is 1. The second kappa shape index (κ2) is 4.94. The van der Waals surface area contributed by atoms with Gasteiger partial charge in [-0.25, -0.2) is 9.69 Å². The summed E-state index contributed by atoms with van der Waals surface area (Å²) in [6.45, 7) is 0.380. The van der Waals surface area contributed by atoms with Crippen molar-refractivity contribution in [3.8, 4) is 0 Å². The fraction of sp³-hybridized carbons (Fsp3) is 0.385. The van der Waals surface area contributed by atoms with Crippen molar-refractivity contribution in [1.82, 2.24) is 4.90 Å². The fourth-order valence-corrected chi connectivity index (χ4v) is 3.58. The summed E-state index contributed by atoms with van der Waals surface area (Å²) < 4.78 is 39.2. The lowest BCUT2D eigenvalue weighted by Crippen LogP contribution is -2.41. The molecular weight excluding hydrogens is 305 g/mol. The van der Waals surface area contributed by atoms with Gasteiger partial charge in [0.2, 0.25) is 0 Å².